The molecule has 2 N–H and O–H groups in total. The second kappa shape index (κ2) is 15.0. The Morgan fingerprint density at radius 1 is 0.884 bits per heavy atom. The van der Waals surface area contributed by atoms with Gasteiger partial charge in [-0.3, -0.25) is 4.79 Å². The molecule has 7 heteroatoms. The van der Waals surface area contributed by atoms with Crippen LogP contribution in [0.15, 0.2) is 72.3 Å². The number of benzene rings is 3. The van der Waals surface area contributed by atoms with E-state index in [1.54, 1.807) is 0 Å². The number of hydrogen-bond acceptors (Lipinski definition) is 6. The van der Waals surface area contributed by atoms with Crippen molar-refractivity contribution in [3.05, 3.63) is 83.4 Å². The summed E-state index contributed by atoms with van der Waals surface area (Å²) in [6.45, 7) is 4.29. The molecule has 2 heterocycles. The molecule has 2 saturated heterocycles. The maximum Gasteiger partial charge on any atom is 0.274 e. The molecule has 43 heavy (non-hydrogen) atoms. The van der Waals surface area contributed by atoms with Crippen LogP contribution in [0.1, 0.15) is 73.7 Å². The van der Waals surface area contributed by atoms with Crippen LogP contribution in [0.3, 0.4) is 0 Å². The summed E-state index contributed by atoms with van der Waals surface area (Å²) in [5.41, 5.74) is 5.29. The van der Waals surface area contributed by atoms with Crippen molar-refractivity contribution >= 4 is 22.8 Å². The SMILES string of the molecule is O=C(NOC1CCCCO1)c1ccc(/C=C(\CNC2CCN(C3CCCC3)CC2)COc2cccc3ccccc23)cc1. The van der Waals surface area contributed by atoms with Gasteiger partial charge in [0.25, 0.3) is 5.91 Å². The third-order valence-corrected chi connectivity index (χ3v) is 9.12. The number of hydroxylamine groups is 1. The molecule has 0 aromatic heterocycles. The summed E-state index contributed by atoms with van der Waals surface area (Å²) in [4.78, 5) is 20.8. The molecular weight excluding hydrogens is 538 g/mol. The fourth-order valence-corrected chi connectivity index (χ4v) is 6.60. The van der Waals surface area contributed by atoms with E-state index < -0.39 is 0 Å². The first kappa shape index (κ1) is 29.8. The van der Waals surface area contributed by atoms with Gasteiger partial charge in [0, 0.05) is 42.6 Å². The minimum Gasteiger partial charge on any atom is -0.489 e. The topological polar surface area (TPSA) is 72.1 Å². The number of hydrogen-bond donors (Lipinski definition) is 2. The molecule has 3 aliphatic rings. The highest BCUT2D eigenvalue weighted by Gasteiger charge is 2.27. The lowest BCUT2D eigenvalue weighted by Gasteiger charge is -2.36. The van der Waals surface area contributed by atoms with Gasteiger partial charge in [0.15, 0.2) is 6.29 Å². The van der Waals surface area contributed by atoms with Crippen molar-refractivity contribution in [3.63, 3.8) is 0 Å². The molecule has 228 valence electrons. The fraction of sp³-hybridized carbons (Fsp3) is 0.472. The van der Waals surface area contributed by atoms with E-state index in [0.717, 1.165) is 48.5 Å². The van der Waals surface area contributed by atoms with Crippen LogP contribution >= 0.6 is 0 Å². The Morgan fingerprint density at radius 2 is 1.65 bits per heavy atom. The van der Waals surface area contributed by atoms with Crippen molar-refractivity contribution in [1.82, 2.24) is 15.7 Å². The largest absolute Gasteiger partial charge is 0.489 e. The number of piperidine rings is 1. The zero-order valence-electron chi connectivity index (χ0n) is 25.1. The van der Waals surface area contributed by atoms with Crippen molar-refractivity contribution < 1.29 is 19.1 Å². The minimum atomic E-state index is -0.369. The van der Waals surface area contributed by atoms with E-state index in [-0.39, 0.29) is 12.2 Å². The van der Waals surface area contributed by atoms with Gasteiger partial charge in [0.1, 0.15) is 12.4 Å². The molecule has 1 amide bonds. The zero-order chi connectivity index (χ0) is 29.3. The summed E-state index contributed by atoms with van der Waals surface area (Å²) in [6.07, 6.45) is 12.6. The van der Waals surface area contributed by atoms with Crippen molar-refractivity contribution in [1.29, 1.82) is 0 Å². The number of rotatable bonds is 11. The van der Waals surface area contributed by atoms with Crippen molar-refractivity contribution in [2.45, 2.75) is 76.2 Å². The van der Waals surface area contributed by atoms with Crippen LogP contribution in [-0.4, -0.2) is 62.0 Å². The summed E-state index contributed by atoms with van der Waals surface area (Å²) in [5.74, 6) is 0.623. The molecule has 0 radical (unpaired) electrons. The van der Waals surface area contributed by atoms with E-state index in [2.05, 4.69) is 52.1 Å². The predicted octanol–water partition coefficient (Wildman–Crippen LogP) is 6.49. The maximum absolute atomic E-state index is 12.6. The molecule has 0 spiro atoms. The number of ether oxygens (including phenoxy) is 2. The molecule has 1 aliphatic carbocycles. The van der Waals surface area contributed by atoms with Gasteiger partial charge in [-0.2, -0.15) is 0 Å². The summed E-state index contributed by atoms with van der Waals surface area (Å²) in [6, 6.07) is 23.5. The molecule has 0 bridgehead atoms. The quantitative estimate of drug-likeness (QED) is 0.252. The first-order valence-electron chi connectivity index (χ1n) is 16.2. The number of fused-ring (bicyclic) bond motifs is 1. The zero-order valence-corrected chi connectivity index (χ0v) is 25.1. The molecule has 3 aromatic carbocycles. The van der Waals surface area contributed by atoms with E-state index in [1.165, 1.54) is 62.6 Å². The number of carbonyl (C=O) groups excluding carboxylic acids is 1. The van der Waals surface area contributed by atoms with Crippen molar-refractivity contribution in [3.8, 4) is 5.75 Å². The van der Waals surface area contributed by atoms with E-state index in [4.69, 9.17) is 14.3 Å². The number of carbonyl (C=O) groups is 1. The number of amides is 1. The average Bonchev–Trinajstić information content (AvgIpc) is 3.61. The van der Waals surface area contributed by atoms with Crippen LogP contribution < -0.4 is 15.5 Å². The smallest absolute Gasteiger partial charge is 0.274 e. The Labute approximate surface area is 255 Å². The lowest BCUT2D eigenvalue weighted by Crippen LogP contribution is -2.46. The highest BCUT2D eigenvalue weighted by molar-refractivity contribution is 5.93. The summed E-state index contributed by atoms with van der Waals surface area (Å²) in [7, 11) is 0. The fourth-order valence-electron chi connectivity index (χ4n) is 6.60. The highest BCUT2D eigenvalue weighted by atomic mass is 16.8. The Morgan fingerprint density at radius 3 is 2.44 bits per heavy atom. The third kappa shape index (κ3) is 8.24. The third-order valence-electron chi connectivity index (χ3n) is 9.12. The molecule has 6 rings (SSSR count). The second-order valence-corrected chi connectivity index (χ2v) is 12.2. The molecule has 7 nitrogen and oxygen atoms in total. The van der Waals surface area contributed by atoms with Gasteiger partial charge in [-0.15, -0.1) is 0 Å². The van der Waals surface area contributed by atoms with Crippen LogP contribution in [0.5, 0.6) is 5.75 Å². The first-order chi connectivity index (χ1) is 21.2. The van der Waals surface area contributed by atoms with Gasteiger partial charge >= 0.3 is 0 Å². The maximum atomic E-state index is 12.6. The number of nitrogens with one attached hydrogen (secondary N) is 2. The van der Waals surface area contributed by atoms with Gasteiger partial charge in [-0.05, 0) is 86.3 Å². The van der Waals surface area contributed by atoms with Gasteiger partial charge in [-0.25, -0.2) is 10.3 Å². The summed E-state index contributed by atoms with van der Waals surface area (Å²) < 4.78 is 12.0. The molecule has 1 unspecified atom stereocenters. The second-order valence-electron chi connectivity index (χ2n) is 12.2. The normalized spacial score (nSPS) is 20.8. The molecule has 2 aliphatic heterocycles. The standard InChI is InChI=1S/C36H45N3O4/c40-36(38-43-35-14-5-6-23-41-35)30-17-15-27(16-18-30)24-28(26-42-34-13-7-9-29-8-1-4-12-33(29)34)25-37-31-19-21-39(22-20-31)32-10-2-3-11-32/h1,4,7-9,12-13,15-18,24,31-32,35,37H,2-3,5-6,10-11,14,19-23,25-26H2,(H,38,40)/b28-24+. The van der Waals surface area contributed by atoms with Gasteiger partial charge in [0.2, 0.25) is 0 Å². The highest BCUT2D eigenvalue weighted by Crippen LogP contribution is 2.27. The molecule has 3 fully saturated rings. The van der Waals surface area contributed by atoms with Crippen LogP contribution in [0, 0.1) is 0 Å². The summed E-state index contributed by atoms with van der Waals surface area (Å²) >= 11 is 0. The van der Waals surface area contributed by atoms with Crippen LogP contribution in [-0.2, 0) is 9.57 Å². The van der Waals surface area contributed by atoms with Gasteiger partial charge in [-0.1, -0.05) is 67.4 Å². The van der Waals surface area contributed by atoms with E-state index in [9.17, 15) is 4.79 Å². The van der Waals surface area contributed by atoms with Crippen LogP contribution in [0.2, 0.25) is 0 Å². The lowest BCUT2D eigenvalue weighted by molar-refractivity contribution is -0.186. The average molecular weight is 584 g/mol. The van der Waals surface area contributed by atoms with Crippen LogP contribution in [0.25, 0.3) is 16.8 Å². The predicted molar refractivity (Wildman–Crippen MR) is 171 cm³/mol. The minimum absolute atomic E-state index is 0.269. The Kier molecular flexibility index (Phi) is 10.4. The first-order valence-corrected chi connectivity index (χ1v) is 16.2. The molecule has 1 atom stereocenters. The lowest BCUT2D eigenvalue weighted by atomic mass is 10.0. The van der Waals surface area contributed by atoms with Gasteiger partial charge < -0.3 is 19.7 Å². The van der Waals surface area contributed by atoms with Crippen LogP contribution in [0.4, 0.5) is 0 Å². The Balaban J connectivity index is 1.09. The molecule has 3 aromatic rings. The number of likely N-dealkylation sites (tertiary alicyclic amines) is 1. The molecular formula is C36H45N3O4. The Bertz CT molecular complexity index is 1350. The van der Waals surface area contributed by atoms with Crippen molar-refractivity contribution in [2.75, 3.05) is 32.8 Å². The number of nitrogens with zero attached hydrogens (tertiary/aromatic N) is 1. The Hall–Kier alpha value is -3.23. The monoisotopic (exact) mass is 583 g/mol. The summed E-state index contributed by atoms with van der Waals surface area (Å²) in [5, 5.41) is 6.13. The van der Waals surface area contributed by atoms with E-state index in [0.29, 0.717) is 24.8 Å². The van der Waals surface area contributed by atoms with Gasteiger partial charge in [0.05, 0.1) is 0 Å². The van der Waals surface area contributed by atoms with Crippen molar-refractivity contribution in [2.24, 2.45) is 0 Å². The molecule has 1 saturated carbocycles. The van der Waals surface area contributed by atoms with E-state index >= 15 is 0 Å². The van der Waals surface area contributed by atoms with E-state index in [1.807, 2.05) is 36.4 Å².